The highest BCUT2D eigenvalue weighted by molar-refractivity contribution is 7.98. The molecule has 1 aromatic rings. The van der Waals surface area contributed by atoms with Crippen LogP contribution in [0.3, 0.4) is 0 Å². The van der Waals surface area contributed by atoms with Crippen LogP contribution in [0.2, 0.25) is 0 Å². The fourth-order valence-corrected chi connectivity index (χ4v) is 4.40. The number of thioether (sulfide) groups is 1. The van der Waals surface area contributed by atoms with E-state index in [4.69, 9.17) is 14.2 Å². The van der Waals surface area contributed by atoms with Crippen molar-refractivity contribution >= 4 is 23.8 Å². The molecule has 1 aliphatic heterocycles. The van der Waals surface area contributed by atoms with Crippen molar-refractivity contribution in [2.24, 2.45) is 0 Å². The number of carbonyl (C=O) groups is 2. The topological polar surface area (TPSA) is 77.1 Å². The van der Waals surface area contributed by atoms with E-state index in [-0.39, 0.29) is 18.1 Å². The van der Waals surface area contributed by atoms with E-state index < -0.39 is 23.5 Å². The van der Waals surface area contributed by atoms with Crippen LogP contribution in [0.4, 0.5) is 4.79 Å². The predicted molar refractivity (Wildman–Crippen MR) is 128 cm³/mol. The lowest BCUT2D eigenvalue weighted by Gasteiger charge is -2.35. The van der Waals surface area contributed by atoms with E-state index in [1.54, 1.807) is 16.7 Å². The van der Waals surface area contributed by atoms with Crippen LogP contribution >= 0.6 is 11.8 Å². The van der Waals surface area contributed by atoms with Crippen LogP contribution in [0.1, 0.15) is 46.6 Å². The molecule has 0 aromatic heterocycles. The number of methoxy groups -OCH3 is 1. The van der Waals surface area contributed by atoms with Crippen LogP contribution in [-0.4, -0.2) is 72.1 Å². The summed E-state index contributed by atoms with van der Waals surface area (Å²) in [4.78, 5) is 27.1. The van der Waals surface area contributed by atoms with Gasteiger partial charge in [0.1, 0.15) is 17.4 Å². The van der Waals surface area contributed by atoms with Crippen molar-refractivity contribution in [3.63, 3.8) is 0 Å². The van der Waals surface area contributed by atoms with E-state index in [0.29, 0.717) is 19.4 Å². The van der Waals surface area contributed by atoms with E-state index in [2.05, 4.69) is 5.32 Å². The molecule has 8 heteroatoms. The maximum Gasteiger partial charge on any atom is 0.412 e. The Balaban J connectivity index is 2.26. The van der Waals surface area contributed by atoms with E-state index in [9.17, 15) is 9.59 Å². The highest BCUT2D eigenvalue weighted by Gasteiger charge is 2.51. The molecule has 180 valence electrons. The SMILES string of the molecule is COC(=O)[C@H](CCSC)NC[C@@H]1OC(C)(C)N(C(=O)OC(C)(C)C)[C@H]1Cc1ccccc1. The molecular formula is C24H38N2O5S. The number of benzene rings is 1. The third kappa shape index (κ3) is 7.39. The second kappa shape index (κ2) is 11.4. The first-order chi connectivity index (χ1) is 15.0. The molecule has 7 nitrogen and oxygen atoms in total. The van der Waals surface area contributed by atoms with E-state index in [1.165, 1.54) is 7.11 Å². The number of ether oxygens (including phenoxy) is 3. The first-order valence-corrected chi connectivity index (χ1v) is 12.4. The van der Waals surface area contributed by atoms with Crippen LogP contribution in [0.15, 0.2) is 30.3 Å². The van der Waals surface area contributed by atoms with E-state index in [1.807, 2.05) is 71.2 Å². The predicted octanol–water partition coefficient (Wildman–Crippen LogP) is 3.85. The largest absolute Gasteiger partial charge is 0.468 e. The fraction of sp³-hybridized carbons (Fsp3) is 0.667. The number of amides is 1. The number of hydrogen-bond acceptors (Lipinski definition) is 7. The number of carbonyl (C=O) groups excluding carboxylic acids is 2. The summed E-state index contributed by atoms with van der Waals surface area (Å²) in [7, 11) is 1.40. The number of esters is 1. The van der Waals surface area contributed by atoms with Crippen molar-refractivity contribution in [2.75, 3.05) is 25.7 Å². The molecule has 0 bridgehead atoms. The van der Waals surface area contributed by atoms with Crippen LogP contribution in [0.5, 0.6) is 0 Å². The zero-order valence-corrected chi connectivity index (χ0v) is 21.2. The van der Waals surface area contributed by atoms with Crippen molar-refractivity contribution in [2.45, 2.75) is 77.0 Å². The van der Waals surface area contributed by atoms with Gasteiger partial charge in [0.15, 0.2) is 0 Å². The second-order valence-electron chi connectivity index (χ2n) is 9.48. The van der Waals surface area contributed by atoms with Gasteiger partial charge >= 0.3 is 12.1 Å². The number of nitrogens with zero attached hydrogens (tertiary/aromatic N) is 1. The van der Waals surface area contributed by atoms with E-state index >= 15 is 0 Å². The van der Waals surface area contributed by atoms with Gasteiger partial charge in [0.05, 0.1) is 19.3 Å². The Kier molecular flexibility index (Phi) is 9.42. The van der Waals surface area contributed by atoms with Gasteiger partial charge < -0.3 is 19.5 Å². The third-order valence-electron chi connectivity index (χ3n) is 5.32. The van der Waals surface area contributed by atoms with Crippen LogP contribution in [0, 0.1) is 0 Å². The summed E-state index contributed by atoms with van der Waals surface area (Å²) >= 11 is 1.68. The van der Waals surface area contributed by atoms with Gasteiger partial charge in [-0.15, -0.1) is 0 Å². The van der Waals surface area contributed by atoms with E-state index in [0.717, 1.165) is 11.3 Å². The van der Waals surface area contributed by atoms with Gasteiger partial charge in [-0.2, -0.15) is 11.8 Å². The van der Waals surface area contributed by atoms with Crippen molar-refractivity contribution in [3.05, 3.63) is 35.9 Å². The maximum atomic E-state index is 13.2. The molecule has 1 saturated heterocycles. The summed E-state index contributed by atoms with van der Waals surface area (Å²) in [6.45, 7) is 9.72. The van der Waals surface area contributed by atoms with Crippen molar-refractivity contribution in [1.29, 1.82) is 0 Å². The molecule has 1 aliphatic rings. The van der Waals surface area contributed by atoms with Crippen molar-refractivity contribution in [1.82, 2.24) is 10.2 Å². The second-order valence-corrected chi connectivity index (χ2v) is 10.5. The Morgan fingerprint density at radius 3 is 2.47 bits per heavy atom. The molecule has 3 atom stereocenters. The Morgan fingerprint density at radius 2 is 1.91 bits per heavy atom. The average Bonchev–Trinajstić information content (AvgIpc) is 2.96. The minimum Gasteiger partial charge on any atom is -0.468 e. The Bertz CT molecular complexity index is 751. The lowest BCUT2D eigenvalue weighted by Crippen LogP contribution is -2.52. The molecule has 0 radical (unpaired) electrons. The Labute approximate surface area is 196 Å². The molecule has 1 aromatic carbocycles. The molecule has 0 unspecified atom stereocenters. The van der Waals surface area contributed by atoms with Crippen LogP contribution in [-0.2, 0) is 25.4 Å². The molecule has 0 aliphatic carbocycles. The normalized spacial score (nSPS) is 21.3. The highest BCUT2D eigenvalue weighted by atomic mass is 32.2. The zero-order chi connectivity index (χ0) is 23.9. The third-order valence-corrected chi connectivity index (χ3v) is 5.96. The van der Waals surface area contributed by atoms with Gasteiger partial charge in [-0.05, 0) is 65.0 Å². The quantitative estimate of drug-likeness (QED) is 0.554. The van der Waals surface area contributed by atoms with Gasteiger partial charge in [-0.25, -0.2) is 4.79 Å². The zero-order valence-electron chi connectivity index (χ0n) is 20.3. The summed E-state index contributed by atoms with van der Waals surface area (Å²) in [6.07, 6.45) is 2.55. The Hall–Kier alpha value is -1.77. The molecule has 1 amide bonds. The summed E-state index contributed by atoms with van der Waals surface area (Å²) < 4.78 is 17.0. The number of nitrogens with one attached hydrogen (secondary N) is 1. The molecule has 1 heterocycles. The molecule has 0 saturated carbocycles. The monoisotopic (exact) mass is 466 g/mol. The van der Waals surface area contributed by atoms with Gasteiger partial charge in [0.2, 0.25) is 0 Å². The van der Waals surface area contributed by atoms with Gasteiger partial charge in [0, 0.05) is 6.54 Å². The van der Waals surface area contributed by atoms with Crippen molar-refractivity contribution < 1.29 is 23.8 Å². The molecule has 0 spiro atoms. The van der Waals surface area contributed by atoms with Gasteiger partial charge in [-0.1, -0.05) is 30.3 Å². The minimum atomic E-state index is -0.853. The summed E-state index contributed by atoms with van der Waals surface area (Å²) in [5, 5.41) is 3.32. The Morgan fingerprint density at radius 1 is 1.25 bits per heavy atom. The summed E-state index contributed by atoms with van der Waals surface area (Å²) in [5.41, 5.74) is -0.368. The molecular weight excluding hydrogens is 428 g/mol. The van der Waals surface area contributed by atoms with Crippen LogP contribution < -0.4 is 5.32 Å². The van der Waals surface area contributed by atoms with Gasteiger partial charge in [-0.3, -0.25) is 9.69 Å². The number of hydrogen-bond donors (Lipinski definition) is 1. The first kappa shape index (κ1) is 26.5. The molecule has 2 rings (SSSR count). The molecule has 32 heavy (non-hydrogen) atoms. The maximum absolute atomic E-state index is 13.2. The average molecular weight is 467 g/mol. The van der Waals surface area contributed by atoms with Crippen molar-refractivity contribution in [3.8, 4) is 0 Å². The highest BCUT2D eigenvalue weighted by Crippen LogP contribution is 2.35. The summed E-state index contributed by atoms with van der Waals surface area (Å²) in [5.74, 6) is 0.543. The lowest BCUT2D eigenvalue weighted by molar-refractivity contribution is -0.143. The molecule has 1 fully saturated rings. The van der Waals surface area contributed by atoms with Crippen LogP contribution in [0.25, 0.3) is 0 Å². The molecule has 1 N–H and O–H groups in total. The minimum absolute atomic E-state index is 0.256. The smallest absolute Gasteiger partial charge is 0.412 e. The fourth-order valence-electron chi connectivity index (χ4n) is 3.93. The standard InChI is InChI=1S/C24H38N2O5S/c1-23(2,3)31-22(28)26-19(15-17-11-9-8-10-12-17)20(30-24(26,4)5)16-25-18(13-14-32-7)21(27)29-6/h8-12,18-20,25H,13-16H2,1-7H3/t18-,19-,20-/m0/s1. The lowest BCUT2D eigenvalue weighted by atomic mass is 10.00. The van der Waals surface area contributed by atoms with Gasteiger partial charge in [0.25, 0.3) is 0 Å². The summed E-state index contributed by atoms with van der Waals surface area (Å²) in [6, 6.07) is 9.34. The first-order valence-electron chi connectivity index (χ1n) is 11.0. The number of rotatable bonds is 9.